The van der Waals surface area contributed by atoms with Crippen molar-refractivity contribution >= 4 is 26.2 Å². The third-order valence-electron chi connectivity index (χ3n) is 4.33. The number of aromatic nitrogens is 1. The summed E-state index contributed by atoms with van der Waals surface area (Å²) in [7, 11) is 4.61. The fourth-order valence-corrected chi connectivity index (χ4v) is 4.85. The van der Waals surface area contributed by atoms with Gasteiger partial charge in [-0.15, -0.1) is 0 Å². The first-order valence-electron chi connectivity index (χ1n) is 8.46. The van der Waals surface area contributed by atoms with Gasteiger partial charge >= 0.3 is 174 Å². The standard InChI is InChI=1S/C21H18N2O5Se/c1-11-19(21(24)25)29-20(23-11)12-6-7-14(15(8-12)22-2)13-9-16(26-3)18(28-5)17(10-13)27-4/h6-10H,1,3-5H3,(H,24,25). The van der Waals surface area contributed by atoms with E-state index in [2.05, 4.69) is 9.83 Å². The number of nitrogens with zero attached hydrogens (tertiary/aromatic N) is 2. The summed E-state index contributed by atoms with van der Waals surface area (Å²) in [6.45, 7) is 9.32. The second-order valence-corrected chi connectivity index (χ2v) is 8.09. The number of carboxylic acids is 1. The second-order valence-electron chi connectivity index (χ2n) is 6.00. The van der Waals surface area contributed by atoms with E-state index in [1.54, 1.807) is 25.1 Å². The third kappa shape index (κ3) is 3.83. The van der Waals surface area contributed by atoms with Crippen molar-refractivity contribution in [2.75, 3.05) is 21.3 Å². The van der Waals surface area contributed by atoms with E-state index in [0.717, 1.165) is 11.1 Å². The molecule has 0 aliphatic carbocycles. The number of carboxylic acid groups (broad SMARTS) is 1. The third-order valence-corrected chi connectivity index (χ3v) is 6.84. The Bertz CT molecular complexity index is 1110. The Morgan fingerprint density at radius 2 is 1.72 bits per heavy atom. The summed E-state index contributed by atoms with van der Waals surface area (Å²) in [5.41, 5.74) is 3.15. The molecule has 1 N–H and O–H groups in total. The molecule has 8 heteroatoms. The van der Waals surface area contributed by atoms with E-state index in [9.17, 15) is 9.90 Å². The van der Waals surface area contributed by atoms with Gasteiger partial charge < -0.3 is 0 Å². The van der Waals surface area contributed by atoms with Gasteiger partial charge in [0.05, 0.1) is 0 Å². The predicted molar refractivity (Wildman–Crippen MR) is 110 cm³/mol. The van der Waals surface area contributed by atoms with E-state index < -0.39 is 20.5 Å². The molecule has 148 valence electrons. The van der Waals surface area contributed by atoms with Crippen molar-refractivity contribution in [1.82, 2.24) is 4.98 Å². The molecule has 0 radical (unpaired) electrons. The Morgan fingerprint density at radius 1 is 1.07 bits per heavy atom. The summed E-state index contributed by atoms with van der Waals surface area (Å²) >= 11 is -0.400. The van der Waals surface area contributed by atoms with Gasteiger partial charge in [0.15, 0.2) is 0 Å². The van der Waals surface area contributed by atoms with E-state index in [-0.39, 0.29) is 0 Å². The normalized spacial score (nSPS) is 10.3. The molecule has 3 rings (SSSR count). The van der Waals surface area contributed by atoms with Crippen LogP contribution in [0, 0.1) is 13.5 Å². The zero-order valence-electron chi connectivity index (χ0n) is 16.3. The van der Waals surface area contributed by atoms with Crippen LogP contribution in [0.5, 0.6) is 17.2 Å². The molecule has 1 heterocycles. The monoisotopic (exact) mass is 458 g/mol. The summed E-state index contributed by atoms with van der Waals surface area (Å²) in [4.78, 5) is 19.4. The van der Waals surface area contributed by atoms with Gasteiger partial charge in [-0.25, -0.2) is 0 Å². The predicted octanol–water partition coefficient (Wildman–Crippen LogP) is 4.06. The molecule has 0 amide bonds. The Hall–Kier alpha value is -3.27. The fourth-order valence-electron chi connectivity index (χ4n) is 2.96. The average molecular weight is 457 g/mol. The van der Waals surface area contributed by atoms with Gasteiger partial charge in [0.1, 0.15) is 0 Å². The summed E-state index contributed by atoms with van der Waals surface area (Å²) in [6, 6.07) is 9.00. The average Bonchev–Trinajstić information content (AvgIpc) is 3.14. The Balaban J connectivity index is 2.12. The van der Waals surface area contributed by atoms with Crippen molar-refractivity contribution in [2.24, 2.45) is 0 Å². The molecular formula is C21H18N2O5Se. The van der Waals surface area contributed by atoms with Crippen LogP contribution in [-0.4, -0.2) is 51.9 Å². The first-order valence-corrected chi connectivity index (χ1v) is 10.2. The summed E-state index contributed by atoms with van der Waals surface area (Å²) < 4.78 is 17.2. The second kappa shape index (κ2) is 8.39. The zero-order valence-corrected chi connectivity index (χ0v) is 18.0. The molecule has 0 aliphatic heterocycles. The van der Waals surface area contributed by atoms with Crippen LogP contribution in [0.15, 0.2) is 30.3 Å². The summed E-state index contributed by atoms with van der Waals surface area (Å²) in [6.07, 6.45) is 0. The van der Waals surface area contributed by atoms with Crippen molar-refractivity contribution < 1.29 is 24.1 Å². The maximum absolute atomic E-state index is 11.3. The maximum atomic E-state index is 11.3. The quantitative estimate of drug-likeness (QED) is 0.444. The van der Waals surface area contributed by atoms with Crippen LogP contribution in [0.4, 0.5) is 5.69 Å². The molecule has 0 saturated heterocycles. The SMILES string of the molecule is [C-]#[N+]c1cc(-c2nc(C)c(C(=O)O)[se]2)ccc1-c1cc(OC)c(OC)c(OC)c1. The molecule has 0 atom stereocenters. The van der Waals surface area contributed by atoms with E-state index >= 15 is 0 Å². The van der Waals surface area contributed by atoms with Gasteiger partial charge in [-0.05, 0) is 0 Å². The van der Waals surface area contributed by atoms with Gasteiger partial charge in [0.2, 0.25) is 0 Å². The number of aromatic carboxylic acids is 1. The van der Waals surface area contributed by atoms with E-state index in [1.807, 2.05) is 12.1 Å². The minimum absolute atomic E-state index is 0.338. The molecule has 0 spiro atoms. The zero-order chi connectivity index (χ0) is 21.1. The molecule has 29 heavy (non-hydrogen) atoms. The van der Waals surface area contributed by atoms with Crippen molar-refractivity contribution in [3.05, 3.63) is 51.9 Å². The first kappa shape index (κ1) is 20.5. The van der Waals surface area contributed by atoms with Crippen LogP contribution in [0.1, 0.15) is 14.9 Å². The Labute approximate surface area is 174 Å². The molecule has 0 aliphatic rings. The minimum atomic E-state index is -0.944. The van der Waals surface area contributed by atoms with Crippen LogP contribution in [0.25, 0.3) is 26.1 Å². The number of hydrogen-bond donors (Lipinski definition) is 1. The van der Waals surface area contributed by atoms with E-state index in [4.69, 9.17) is 20.8 Å². The molecule has 0 bridgehead atoms. The Morgan fingerprint density at radius 3 is 2.21 bits per heavy atom. The van der Waals surface area contributed by atoms with Gasteiger partial charge in [0, 0.05) is 0 Å². The van der Waals surface area contributed by atoms with Gasteiger partial charge in [-0.3, -0.25) is 0 Å². The van der Waals surface area contributed by atoms with Crippen LogP contribution in [-0.2, 0) is 0 Å². The molecule has 0 fully saturated rings. The fraction of sp³-hybridized carbons (Fsp3) is 0.190. The number of rotatable bonds is 6. The van der Waals surface area contributed by atoms with Crippen LogP contribution in [0.3, 0.4) is 0 Å². The molecule has 1 aromatic heterocycles. The van der Waals surface area contributed by atoms with Crippen LogP contribution in [0.2, 0.25) is 0 Å². The number of carbonyl (C=O) groups is 1. The van der Waals surface area contributed by atoms with Crippen LogP contribution >= 0.6 is 0 Å². The van der Waals surface area contributed by atoms with Gasteiger partial charge in [-0.1, -0.05) is 0 Å². The number of methoxy groups -OCH3 is 3. The number of ether oxygens (including phenoxy) is 3. The number of benzene rings is 2. The first-order chi connectivity index (χ1) is 13.9. The van der Waals surface area contributed by atoms with Gasteiger partial charge in [-0.2, -0.15) is 0 Å². The van der Waals surface area contributed by atoms with E-state index in [1.165, 1.54) is 21.3 Å². The van der Waals surface area contributed by atoms with Crippen LogP contribution < -0.4 is 14.2 Å². The van der Waals surface area contributed by atoms with Crippen molar-refractivity contribution in [3.63, 3.8) is 0 Å². The van der Waals surface area contributed by atoms with E-state index in [0.29, 0.717) is 43.2 Å². The molecule has 0 saturated carbocycles. The number of aryl methyl sites for hydroxylation is 1. The topological polar surface area (TPSA) is 82.2 Å². The van der Waals surface area contributed by atoms with Gasteiger partial charge in [0.25, 0.3) is 0 Å². The van der Waals surface area contributed by atoms with Crippen molar-refractivity contribution in [2.45, 2.75) is 6.92 Å². The van der Waals surface area contributed by atoms with Crippen molar-refractivity contribution in [1.29, 1.82) is 0 Å². The molecule has 3 aromatic rings. The molecule has 2 aromatic carbocycles. The molecular weight excluding hydrogens is 439 g/mol. The Kier molecular flexibility index (Phi) is 5.92. The number of hydrogen-bond acceptors (Lipinski definition) is 5. The molecule has 7 nitrogen and oxygen atoms in total. The molecule has 0 unspecified atom stereocenters. The summed E-state index contributed by atoms with van der Waals surface area (Å²) in [5.74, 6) is 0.527. The summed E-state index contributed by atoms with van der Waals surface area (Å²) in [5, 5.41) is 9.29. The van der Waals surface area contributed by atoms with Crippen molar-refractivity contribution in [3.8, 4) is 38.5 Å².